The molecule has 0 radical (unpaired) electrons. The van der Waals surface area contributed by atoms with Gasteiger partial charge in [0, 0.05) is 38.9 Å². The highest BCUT2D eigenvalue weighted by atomic mass is 16.5. The molecule has 1 spiro atoms. The third-order valence-corrected chi connectivity index (χ3v) is 7.12. The Kier molecular flexibility index (Phi) is 7.41. The van der Waals surface area contributed by atoms with Gasteiger partial charge >= 0.3 is 0 Å². The lowest BCUT2D eigenvalue weighted by Gasteiger charge is -2.44. The predicted octanol–water partition coefficient (Wildman–Crippen LogP) is 3.02. The Balaban J connectivity index is 1.53. The number of hydrogen-bond donors (Lipinski definition) is 1. The average Bonchev–Trinajstić information content (AvgIpc) is 3.12. The molecule has 0 aromatic heterocycles. The molecule has 1 atom stereocenters. The molecule has 0 bridgehead atoms. The average molecular weight is 466 g/mol. The van der Waals surface area contributed by atoms with Gasteiger partial charge in [-0.05, 0) is 36.1 Å². The Hall–Kier alpha value is -3.06. The second-order valence-corrected chi connectivity index (χ2v) is 9.08. The molecular weight excluding hydrogens is 430 g/mol. The highest BCUT2D eigenvalue weighted by Crippen LogP contribution is 2.34. The van der Waals surface area contributed by atoms with Crippen LogP contribution in [0.3, 0.4) is 0 Å². The lowest BCUT2D eigenvalue weighted by molar-refractivity contribution is -0.136. The molecule has 0 aliphatic carbocycles. The molecule has 182 valence electrons. The number of ether oxygens (including phenoxy) is 2. The first-order valence-corrected chi connectivity index (χ1v) is 12.1. The summed E-state index contributed by atoms with van der Waals surface area (Å²) < 4.78 is 10.8. The third kappa shape index (κ3) is 4.89. The highest BCUT2D eigenvalue weighted by molar-refractivity contribution is 5.85. The first kappa shape index (κ1) is 24.1. The molecule has 4 rings (SSSR count). The number of carbonyl (C=O) groups is 2. The monoisotopic (exact) mass is 465 g/mol. The maximum absolute atomic E-state index is 13.6. The minimum absolute atomic E-state index is 0.139. The number of methoxy groups -OCH3 is 2. The van der Waals surface area contributed by atoms with E-state index in [1.807, 2.05) is 53.1 Å². The van der Waals surface area contributed by atoms with Crippen molar-refractivity contribution in [1.82, 2.24) is 15.1 Å². The summed E-state index contributed by atoms with van der Waals surface area (Å²) in [7, 11) is 3.25. The van der Waals surface area contributed by atoms with Crippen LogP contribution in [0, 0.1) is 0 Å². The molecular formula is C27H35N3O4. The van der Waals surface area contributed by atoms with E-state index < -0.39 is 5.66 Å². The highest BCUT2D eigenvalue weighted by Gasteiger charge is 2.51. The number of nitrogens with zero attached hydrogens (tertiary/aromatic N) is 2. The van der Waals surface area contributed by atoms with Gasteiger partial charge in [-0.25, -0.2) is 0 Å². The van der Waals surface area contributed by atoms with Gasteiger partial charge < -0.3 is 19.3 Å². The summed E-state index contributed by atoms with van der Waals surface area (Å²) in [6.07, 6.45) is 3.36. The largest absolute Gasteiger partial charge is 0.493 e. The minimum atomic E-state index is -0.419. The van der Waals surface area contributed by atoms with Crippen molar-refractivity contribution in [1.29, 1.82) is 0 Å². The number of hydrogen-bond acceptors (Lipinski definition) is 5. The zero-order valence-corrected chi connectivity index (χ0v) is 20.4. The molecule has 2 fully saturated rings. The SMILES string of the molecule is CCC(=O)N1CCC2(CC1)NC(Cc1ccccc1)C(=O)N2CCc1ccc(OC)c(OC)c1. The number of piperidine rings is 1. The topological polar surface area (TPSA) is 71.1 Å². The van der Waals surface area contributed by atoms with Gasteiger partial charge in [0.25, 0.3) is 0 Å². The number of likely N-dealkylation sites (tertiary alicyclic amines) is 1. The zero-order chi connectivity index (χ0) is 24.1. The molecule has 0 saturated carbocycles. The normalized spacial score (nSPS) is 19.5. The molecule has 2 amide bonds. The van der Waals surface area contributed by atoms with Gasteiger partial charge in [-0.15, -0.1) is 0 Å². The number of benzene rings is 2. The fourth-order valence-corrected chi connectivity index (χ4v) is 5.22. The third-order valence-electron chi connectivity index (χ3n) is 7.12. The van der Waals surface area contributed by atoms with E-state index in [1.165, 1.54) is 0 Å². The molecule has 2 aliphatic rings. The first-order valence-electron chi connectivity index (χ1n) is 12.1. The van der Waals surface area contributed by atoms with Crippen molar-refractivity contribution in [3.05, 3.63) is 59.7 Å². The van der Waals surface area contributed by atoms with Gasteiger partial charge in [0.2, 0.25) is 11.8 Å². The minimum Gasteiger partial charge on any atom is -0.493 e. The quantitative estimate of drug-likeness (QED) is 0.649. The Morgan fingerprint density at radius 1 is 1.03 bits per heavy atom. The number of nitrogens with one attached hydrogen (secondary N) is 1. The van der Waals surface area contributed by atoms with Crippen LogP contribution in [0.1, 0.15) is 37.3 Å². The van der Waals surface area contributed by atoms with E-state index >= 15 is 0 Å². The van der Waals surface area contributed by atoms with Crippen molar-refractivity contribution < 1.29 is 19.1 Å². The Labute approximate surface area is 202 Å². The number of carbonyl (C=O) groups excluding carboxylic acids is 2. The second-order valence-electron chi connectivity index (χ2n) is 9.08. The molecule has 2 saturated heterocycles. The van der Waals surface area contributed by atoms with E-state index in [0.717, 1.165) is 24.0 Å². The van der Waals surface area contributed by atoms with E-state index in [1.54, 1.807) is 14.2 Å². The summed E-state index contributed by atoms with van der Waals surface area (Å²) in [5, 5.41) is 3.70. The van der Waals surface area contributed by atoms with Gasteiger partial charge in [0.1, 0.15) is 0 Å². The van der Waals surface area contributed by atoms with Gasteiger partial charge in [0.15, 0.2) is 11.5 Å². The van der Waals surface area contributed by atoms with Crippen LogP contribution in [-0.4, -0.2) is 67.2 Å². The van der Waals surface area contributed by atoms with Gasteiger partial charge in [-0.1, -0.05) is 43.3 Å². The lowest BCUT2D eigenvalue weighted by atomic mass is 9.95. The molecule has 2 heterocycles. The van der Waals surface area contributed by atoms with Gasteiger partial charge in [0.05, 0.1) is 25.9 Å². The van der Waals surface area contributed by atoms with Gasteiger partial charge in [-0.3, -0.25) is 14.9 Å². The maximum Gasteiger partial charge on any atom is 0.241 e. The Morgan fingerprint density at radius 2 is 1.74 bits per heavy atom. The molecule has 1 unspecified atom stereocenters. The fraction of sp³-hybridized carbons (Fsp3) is 0.481. The second kappa shape index (κ2) is 10.5. The van der Waals surface area contributed by atoms with Crippen LogP contribution >= 0.6 is 0 Å². The van der Waals surface area contributed by atoms with E-state index in [9.17, 15) is 9.59 Å². The van der Waals surface area contributed by atoms with Crippen LogP contribution in [0.15, 0.2) is 48.5 Å². The maximum atomic E-state index is 13.6. The lowest BCUT2D eigenvalue weighted by Crippen LogP contribution is -2.59. The molecule has 2 aromatic rings. The summed E-state index contributed by atoms with van der Waals surface area (Å²) in [6, 6.07) is 15.8. The van der Waals surface area contributed by atoms with Crippen LogP contribution < -0.4 is 14.8 Å². The molecule has 34 heavy (non-hydrogen) atoms. The smallest absolute Gasteiger partial charge is 0.241 e. The van der Waals surface area contributed by atoms with Crippen molar-refractivity contribution in [3.63, 3.8) is 0 Å². The summed E-state index contributed by atoms with van der Waals surface area (Å²) in [6.45, 7) is 3.83. The Bertz CT molecular complexity index is 1000. The van der Waals surface area contributed by atoms with Crippen molar-refractivity contribution in [2.45, 2.75) is 50.7 Å². The predicted molar refractivity (Wildman–Crippen MR) is 131 cm³/mol. The van der Waals surface area contributed by atoms with E-state index in [0.29, 0.717) is 50.4 Å². The number of amides is 2. The van der Waals surface area contributed by atoms with Crippen molar-refractivity contribution in [3.8, 4) is 11.5 Å². The summed E-state index contributed by atoms with van der Waals surface area (Å²) >= 11 is 0. The van der Waals surface area contributed by atoms with Crippen molar-refractivity contribution in [2.24, 2.45) is 0 Å². The zero-order valence-electron chi connectivity index (χ0n) is 20.4. The van der Waals surface area contributed by atoms with E-state index in [-0.39, 0.29) is 17.9 Å². The van der Waals surface area contributed by atoms with Gasteiger partial charge in [-0.2, -0.15) is 0 Å². The van der Waals surface area contributed by atoms with Crippen molar-refractivity contribution in [2.75, 3.05) is 33.9 Å². The van der Waals surface area contributed by atoms with Crippen molar-refractivity contribution >= 4 is 11.8 Å². The molecule has 2 aliphatic heterocycles. The van der Waals surface area contributed by atoms with E-state index in [4.69, 9.17) is 9.47 Å². The van der Waals surface area contributed by atoms with Crippen LogP contribution in [-0.2, 0) is 22.4 Å². The summed E-state index contributed by atoms with van der Waals surface area (Å²) in [5.41, 5.74) is 1.81. The first-order chi connectivity index (χ1) is 16.5. The molecule has 1 N–H and O–H groups in total. The van der Waals surface area contributed by atoms with Crippen LogP contribution in [0.4, 0.5) is 0 Å². The van der Waals surface area contributed by atoms with Crippen LogP contribution in [0.2, 0.25) is 0 Å². The van der Waals surface area contributed by atoms with Crippen LogP contribution in [0.25, 0.3) is 0 Å². The summed E-state index contributed by atoms with van der Waals surface area (Å²) in [5.74, 6) is 1.70. The fourth-order valence-electron chi connectivity index (χ4n) is 5.22. The van der Waals surface area contributed by atoms with E-state index in [2.05, 4.69) is 17.4 Å². The molecule has 2 aromatic carbocycles. The molecule has 7 heteroatoms. The Morgan fingerprint density at radius 3 is 2.38 bits per heavy atom. The standard InChI is InChI=1S/C27H35N3O4/c1-4-25(31)29-16-13-27(14-17-29)28-22(18-20-8-6-5-7-9-20)26(32)30(27)15-12-21-10-11-23(33-2)24(19-21)34-3/h5-11,19,22,28H,4,12-18H2,1-3H3. The summed E-state index contributed by atoms with van der Waals surface area (Å²) in [4.78, 5) is 29.8. The molecule has 7 nitrogen and oxygen atoms in total. The number of rotatable bonds is 8. The van der Waals surface area contributed by atoms with Crippen LogP contribution in [0.5, 0.6) is 11.5 Å².